The van der Waals surface area contributed by atoms with Gasteiger partial charge in [-0.2, -0.15) is 10.1 Å². The summed E-state index contributed by atoms with van der Waals surface area (Å²) in [5.41, 5.74) is 4.35. The molecule has 0 aliphatic rings. The van der Waals surface area contributed by atoms with Crippen molar-refractivity contribution < 1.29 is 14.0 Å². The Bertz CT molecular complexity index is 1330. The van der Waals surface area contributed by atoms with E-state index in [1.165, 1.54) is 5.56 Å². The molecule has 34 heavy (non-hydrogen) atoms. The fraction of sp³-hybridized carbons (Fsp3) is 0.200. The summed E-state index contributed by atoms with van der Waals surface area (Å²) in [5.74, 6) is 1.66. The standard InChI is InChI=1S/C25H24N6O3/c1-32-10-11-33-21-13-19(22-17-31-23(28-22)8-5-9-27-31)12-20(14-21)25-29-24(34-30-25)16-26-15-18-6-3-2-4-7-18/h2-9,12-14,17,26H,10-11,15-16H2,1H3. The van der Waals surface area contributed by atoms with Gasteiger partial charge in [0.2, 0.25) is 11.7 Å². The second-order valence-corrected chi connectivity index (χ2v) is 7.64. The Kier molecular flexibility index (Phi) is 6.55. The van der Waals surface area contributed by atoms with Crippen molar-refractivity contribution in [2.75, 3.05) is 20.3 Å². The lowest BCUT2D eigenvalue weighted by atomic mass is 10.1. The number of imidazole rings is 1. The van der Waals surface area contributed by atoms with Gasteiger partial charge in [0.1, 0.15) is 12.4 Å². The maximum absolute atomic E-state index is 5.89. The highest BCUT2D eigenvalue weighted by atomic mass is 16.5. The third-order valence-corrected chi connectivity index (χ3v) is 5.17. The highest BCUT2D eigenvalue weighted by molar-refractivity contribution is 5.71. The molecule has 0 aliphatic carbocycles. The maximum Gasteiger partial charge on any atom is 0.240 e. The van der Waals surface area contributed by atoms with E-state index in [-0.39, 0.29) is 0 Å². The summed E-state index contributed by atoms with van der Waals surface area (Å²) in [6.45, 7) is 2.09. The first-order chi connectivity index (χ1) is 16.8. The van der Waals surface area contributed by atoms with Crippen LogP contribution in [0.5, 0.6) is 5.75 Å². The summed E-state index contributed by atoms with van der Waals surface area (Å²) in [5, 5.41) is 11.8. The summed E-state index contributed by atoms with van der Waals surface area (Å²) < 4.78 is 18.2. The third-order valence-electron chi connectivity index (χ3n) is 5.17. The molecule has 0 atom stereocenters. The molecule has 0 saturated carbocycles. The number of fused-ring (bicyclic) bond motifs is 1. The molecule has 0 radical (unpaired) electrons. The molecule has 5 aromatic rings. The minimum Gasteiger partial charge on any atom is -0.491 e. The number of rotatable bonds is 10. The van der Waals surface area contributed by atoms with Gasteiger partial charge in [0.25, 0.3) is 0 Å². The van der Waals surface area contributed by atoms with Crippen molar-refractivity contribution in [1.82, 2.24) is 30.1 Å². The molecular weight excluding hydrogens is 432 g/mol. The van der Waals surface area contributed by atoms with Crippen LogP contribution in [0.1, 0.15) is 11.5 Å². The molecule has 0 unspecified atom stereocenters. The minimum absolute atomic E-state index is 0.424. The van der Waals surface area contributed by atoms with Gasteiger partial charge in [0.05, 0.1) is 25.0 Å². The summed E-state index contributed by atoms with van der Waals surface area (Å²) in [6, 6.07) is 19.7. The summed E-state index contributed by atoms with van der Waals surface area (Å²) in [4.78, 5) is 9.24. The third kappa shape index (κ3) is 5.11. The summed E-state index contributed by atoms with van der Waals surface area (Å²) in [7, 11) is 1.64. The van der Waals surface area contributed by atoms with E-state index in [1.807, 2.05) is 54.7 Å². The van der Waals surface area contributed by atoms with Crippen LogP contribution in [0.25, 0.3) is 28.3 Å². The van der Waals surface area contributed by atoms with E-state index >= 15 is 0 Å². The zero-order valence-corrected chi connectivity index (χ0v) is 18.7. The molecule has 172 valence electrons. The van der Waals surface area contributed by atoms with Crippen molar-refractivity contribution in [3.63, 3.8) is 0 Å². The first-order valence-corrected chi connectivity index (χ1v) is 10.9. The normalized spacial score (nSPS) is 11.2. The van der Waals surface area contributed by atoms with E-state index in [4.69, 9.17) is 14.0 Å². The molecule has 0 spiro atoms. The highest BCUT2D eigenvalue weighted by Crippen LogP contribution is 2.30. The van der Waals surface area contributed by atoms with Crippen LogP contribution >= 0.6 is 0 Å². The molecule has 0 saturated heterocycles. The highest BCUT2D eigenvalue weighted by Gasteiger charge is 2.14. The van der Waals surface area contributed by atoms with Crippen molar-refractivity contribution in [3.05, 3.63) is 84.5 Å². The molecule has 1 N–H and O–H groups in total. The Morgan fingerprint density at radius 1 is 0.941 bits per heavy atom. The number of hydrogen-bond donors (Lipinski definition) is 1. The predicted molar refractivity (Wildman–Crippen MR) is 126 cm³/mol. The predicted octanol–water partition coefficient (Wildman–Crippen LogP) is 3.76. The van der Waals surface area contributed by atoms with Crippen molar-refractivity contribution >= 4 is 5.65 Å². The van der Waals surface area contributed by atoms with E-state index < -0.39 is 0 Å². The Hall–Kier alpha value is -4.08. The zero-order valence-electron chi connectivity index (χ0n) is 18.7. The monoisotopic (exact) mass is 456 g/mol. The molecule has 2 aromatic carbocycles. The topological polar surface area (TPSA) is 99.6 Å². The minimum atomic E-state index is 0.424. The van der Waals surface area contributed by atoms with E-state index in [0.717, 1.165) is 22.5 Å². The van der Waals surface area contributed by atoms with Gasteiger partial charge < -0.3 is 19.3 Å². The van der Waals surface area contributed by atoms with Crippen LogP contribution in [-0.2, 0) is 17.8 Å². The van der Waals surface area contributed by atoms with Gasteiger partial charge in [0.15, 0.2) is 5.65 Å². The van der Waals surface area contributed by atoms with Crippen LogP contribution in [0, 0.1) is 0 Å². The Morgan fingerprint density at radius 2 is 1.82 bits per heavy atom. The van der Waals surface area contributed by atoms with Gasteiger partial charge in [0, 0.05) is 31.0 Å². The van der Waals surface area contributed by atoms with E-state index in [1.54, 1.807) is 17.8 Å². The Labute approximate surface area is 196 Å². The molecule has 9 nitrogen and oxygen atoms in total. The molecule has 0 amide bonds. The van der Waals surface area contributed by atoms with Crippen LogP contribution in [0.15, 0.2) is 77.6 Å². The van der Waals surface area contributed by atoms with Crippen LogP contribution in [0.4, 0.5) is 0 Å². The fourth-order valence-corrected chi connectivity index (χ4v) is 3.53. The van der Waals surface area contributed by atoms with Gasteiger partial charge in [-0.15, -0.1) is 0 Å². The molecule has 3 aromatic heterocycles. The van der Waals surface area contributed by atoms with Crippen LogP contribution in [0.2, 0.25) is 0 Å². The number of methoxy groups -OCH3 is 1. The smallest absolute Gasteiger partial charge is 0.240 e. The van der Waals surface area contributed by atoms with E-state index in [0.29, 0.717) is 43.8 Å². The van der Waals surface area contributed by atoms with Crippen LogP contribution < -0.4 is 10.1 Å². The number of aromatic nitrogens is 5. The molecule has 0 bridgehead atoms. The zero-order chi connectivity index (χ0) is 23.2. The molecule has 5 rings (SSSR count). The Balaban J connectivity index is 1.38. The van der Waals surface area contributed by atoms with Gasteiger partial charge in [-0.3, -0.25) is 0 Å². The first kappa shape index (κ1) is 21.7. The van der Waals surface area contributed by atoms with Gasteiger partial charge >= 0.3 is 0 Å². The van der Waals surface area contributed by atoms with Crippen molar-refractivity contribution in [2.24, 2.45) is 0 Å². The van der Waals surface area contributed by atoms with Gasteiger partial charge in [-0.25, -0.2) is 9.50 Å². The SMILES string of the molecule is COCCOc1cc(-c2cn3ncccc3n2)cc(-c2noc(CNCc3ccccc3)n2)c1. The second kappa shape index (κ2) is 10.2. The van der Waals surface area contributed by atoms with Crippen LogP contribution in [0.3, 0.4) is 0 Å². The second-order valence-electron chi connectivity index (χ2n) is 7.64. The maximum atomic E-state index is 5.89. The lowest BCUT2D eigenvalue weighted by Gasteiger charge is -2.09. The van der Waals surface area contributed by atoms with Gasteiger partial charge in [-0.05, 0) is 35.9 Å². The summed E-state index contributed by atoms with van der Waals surface area (Å²) in [6.07, 6.45) is 3.60. The molecule has 0 fully saturated rings. The van der Waals surface area contributed by atoms with Crippen molar-refractivity contribution in [3.8, 4) is 28.4 Å². The lowest BCUT2D eigenvalue weighted by Crippen LogP contribution is -2.12. The average molecular weight is 457 g/mol. The molecular formula is C25H24N6O3. The number of nitrogens with one attached hydrogen (secondary N) is 1. The number of nitrogens with zero attached hydrogens (tertiary/aromatic N) is 5. The summed E-state index contributed by atoms with van der Waals surface area (Å²) >= 11 is 0. The molecule has 9 heteroatoms. The molecule has 3 heterocycles. The quantitative estimate of drug-likeness (QED) is 0.317. The van der Waals surface area contributed by atoms with E-state index in [2.05, 4.69) is 37.7 Å². The number of benzene rings is 2. The fourth-order valence-electron chi connectivity index (χ4n) is 3.53. The lowest BCUT2D eigenvalue weighted by molar-refractivity contribution is 0.146. The van der Waals surface area contributed by atoms with E-state index in [9.17, 15) is 0 Å². The van der Waals surface area contributed by atoms with Crippen molar-refractivity contribution in [1.29, 1.82) is 0 Å². The molecule has 0 aliphatic heterocycles. The number of hydrogen-bond acceptors (Lipinski definition) is 8. The largest absolute Gasteiger partial charge is 0.491 e. The van der Waals surface area contributed by atoms with Crippen molar-refractivity contribution in [2.45, 2.75) is 13.1 Å². The first-order valence-electron chi connectivity index (χ1n) is 10.9. The van der Waals surface area contributed by atoms with Gasteiger partial charge in [-0.1, -0.05) is 35.5 Å². The Morgan fingerprint density at radius 3 is 2.68 bits per heavy atom. The van der Waals surface area contributed by atoms with Crippen LogP contribution in [-0.4, -0.2) is 45.1 Å². The average Bonchev–Trinajstić information content (AvgIpc) is 3.52. The number of ether oxygens (including phenoxy) is 2.